The van der Waals surface area contributed by atoms with E-state index in [0.29, 0.717) is 11.8 Å². The van der Waals surface area contributed by atoms with Gasteiger partial charge in [-0.05, 0) is 54.2 Å². The molecule has 3 aromatic rings. The third-order valence-electron chi connectivity index (χ3n) is 8.37. The fourth-order valence-electron chi connectivity index (χ4n) is 6.65. The molecule has 164 valence electrons. The smallest absolute Gasteiger partial charge is 0.254 e. The van der Waals surface area contributed by atoms with Gasteiger partial charge < -0.3 is 4.57 Å². The fourth-order valence-corrected chi connectivity index (χ4v) is 6.65. The van der Waals surface area contributed by atoms with Gasteiger partial charge in [-0.1, -0.05) is 54.6 Å². The number of allylic oxidation sites excluding steroid dienone is 2. The topological polar surface area (TPSA) is 54.7 Å². The van der Waals surface area contributed by atoms with Crippen molar-refractivity contribution in [3.63, 3.8) is 0 Å². The molecule has 5 heteroatoms. The van der Waals surface area contributed by atoms with Crippen molar-refractivity contribution in [2.24, 2.45) is 40.6 Å². The highest BCUT2D eigenvalue weighted by molar-refractivity contribution is 6.07. The van der Waals surface area contributed by atoms with Crippen LogP contribution in [0, 0.1) is 42.4 Å². The van der Waals surface area contributed by atoms with Crippen molar-refractivity contribution < 1.29 is 9.59 Å². The first kappa shape index (κ1) is 19.0. The molecule has 0 unspecified atom stereocenters. The van der Waals surface area contributed by atoms with E-state index in [1.807, 2.05) is 12.1 Å². The van der Waals surface area contributed by atoms with E-state index in [2.05, 4.69) is 71.3 Å². The van der Waals surface area contributed by atoms with Crippen LogP contribution in [0.1, 0.15) is 23.1 Å². The van der Waals surface area contributed by atoms with Gasteiger partial charge in [-0.3, -0.25) is 9.59 Å². The highest BCUT2D eigenvalue weighted by Gasteiger charge is 2.67. The number of para-hydroxylation sites is 1. The average Bonchev–Trinajstić information content (AvgIpc) is 3.54. The third-order valence-corrected chi connectivity index (χ3v) is 8.37. The van der Waals surface area contributed by atoms with Crippen LogP contribution in [0.15, 0.2) is 72.0 Å². The third kappa shape index (κ3) is 2.68. The van der Waals surface area contributed by atoms with E-state index < -0.39 is 0 Å². The highest BCUT2D eigenvalue weighted by Crippen LogP contribution is 2.65. The maximum atomic E-state index is 13.2. The first-order chi connectivity index (χ1) is 16.1. The lowest BCUT2D eigenvalue weighted by molar-refractivity contribution is -0.140. The standard InChI is InChI=1S/C28H25N3O2/c1-16-6-2-3-7-17(16)14-30-15-18(19-8-4-5-9-24(19)30)13-29-31-27(32)25-20-10-11-21(23-12-22(20)23)26(25)28(31)33/h2-11,13,15,20-23,25-26H,12,14H2,1H3/b29-13-/t20-,21-,22-,23+,25-,26+/m0/s1. The van der Waals surface area contributed by atoms with Crippen LogP contribution in [0.2, 0.25) is 0 Å². The van der Waals surface area contributed by atoms with Crippen molar-refractivity contribution in [2.75, 3.05) is 0 Å². The fraction of sp³-hybridized carbons (Fsp3) is 0.321. The van der Waals surface area contributed by atoms with Gasteiger partial charge in [-0.25, -0.2) is 0 Å². The number of fused-ring (bicyclic) bond motifs is 1. The van der Waals surface area contributed by atoms with E-state index in [4.69, 9.17) is 0 Å². The number of hydrazone groups is 1. The zero-order valence-corrected chi connectivity index (χ0v) is 18.5. The number of nitrogens with zero attached hydrogens (tertiary/aromatic N) is 3. The number of imide groups is 1. The van der Waals surface area contributed by atoms with E-state index >= 15 is 0 Å². The molecule has 2 amide bonds. The van der Waals surface area contributed by atoms with Crippen LogP contribution in [-0.2, 0) is 16.1 Å². The molecule has 6 atom stereocenters. The lowest BCUT2D eigenvalue weighted by atomic mass is 9.63. The van der Waals surface area contributed by atoms with Crippen molar-refractivity contribution in [1.82, 2.24) is 9.58 Å². The Labute approximate surface area is 192 Å². The van der Waals surface area contributed by atoms with Crippen molar-refractivity contribution in [2.45, 2.75) is 19.9 Å². The molecule has 4 aliphatic carbocycles. The van der Waals surface area contributed by atoms with E-state index in [1.165, 1.54) is 22.6 Å². The van der Waals surface area contributed by atoms with Gasteiger partial charge in [0.1, 0.15) is 0 Å². The summed E-state index contributed by atoms with van der Waals surface area (Å²) in [6.45, 7) is 2.88. The van der Waals surface area contributed by atoms with Crippen LogP contribution in [0.25, 0.3) is 10.9 Å². The number of hydrogen-bond acceptors (Lipinski definition) is 3. The number of rotatable bonds is 4. The number of carbonyl (C=O) groups is 2. The number of hydrogen-bond donors (Lipinski definition) is 0. The maximum absolute atomic E-state index is 13.2. The first-order valence-corrected chi connectivity index (χ1v) is 11.8. The van der Waals surface area contributed by atoms with Crippen LogP contribution in [0.5, 0.6) is 0 Å². The normalized spacial score (nSPS) is 31.6. The summed E-state index contributed by atoms with van der Waals surface area (Å²) in [7, 11) is 0. The Morgan fingerprint density at radius 1 is 0.939 bits per heavy atom. The molecule has 2 aromatic carbocycles. The lowest BCUT2D eigenvalue weighted by Crippen LogP contribution is -2.40. The van der Waals surface area contributed by atoms with Crippen LogP contribution in [0.4, 0.5) is 0 Å². The molecular formula is C28H25N3O2. The Hall–Kier alpha value is -3.47. The second-order valence-corrected chi connectivity index (χ2v) is 10.0. The van der Waals surface area contributed by atoms with E-state index in [-0.39, 0.29) is 35.5 Å². The Morgan fingerprint density at radius 2 is 1.61 bits per heavy atom. The van der Waals surface area contributed by atoms with Crippen molar-refractivity contribution in [3.8, 4) is 0 Å². The van der Waals surface area contributed by atoms with Crippen LogP contribution in [0.3, 0.4) is 0 Å². The molecule has 5 aliphatic rings. The molecule has 2 heterocycles. The van der Waals surface area contributed by atoms with Crippen LogP contribution >= 0.6 is 0 Å². The van der Waals surface area contributed by atoms with E-state index in [9.17, 15) is 9.59 Å². The second kappa shape index (κ2) is 6.77. The maximum Gasteiger partial charge on any atom is 0.254 e. The summed E-state index contributed by atoms with van der Waals surface area (Å²) in [5.41, 5.74) is 4.54. The Bertz CT molecular complexity index is 1350. The van der Waals surface area contributed by atoms with Crippen molar-refractivity contribution >= 4 is 28.9 Å². The van der Waals surface area contributed by atoms with Crippen LogP contribution in [-0.4, -0.2) is 27.6 Å². The zero-order chi connectivity index (χ0) is 22.3. The number of aromatic nitrogens is 1. The minimum atomic E-state index is -0.212. The van der Waals surface area contributed by atoms with Gasteiger partial charge in [0.15, 0.2) is 0 Å². The molecule has 1 aromatic heterocycles. The first-order valence-electron chi connectivity index (χ1n) is 11.8. The van der Waals surface area contributed by atoms with Gasteiger partial charge in [0, 0.05) is 29.2 Å². The Kier molecular flexibility index (Phi) is 3.90. The molecule has 3 fully saturated rings. The number of benzene rings is 2. The van der Waals surface area contributed by atoms with Gasteiger partial charge in [-0.2, -0.15) is 10.1 Å². The zero-order valence-electron chi connectivity index (χ0n) is 18.5. The Morgan fingerprint density at radius 3 is 2.33 bits per heavy atom. The minimum absolute atomic E-state index is 0.116. The van der Waals surface area contributed by atoms with E-state index in [0.717, 1.165) is 23.0 Å². The predicted octanol–water partition coefficient (Wildman–Crippen LogP) is 4.39. The van der Waals surface area contributed by atoms with Gasteiger partial charge in [0.2, 0.25) is 0 Å². The Balaban J connectivity index is 1.22. The summed E-state index contributed by atoms with van der Waals surface area (Å²) < 4.78 is 2.21. The summed E-state index contributed by atoms with van der Waals surface area (Å²) in [4.78, 5) is 26.5. The number of carbonyl (C=O) groups excluding carboxylic acids is 2. The van der Waals surface area contributed by atoms with Crippen molar-refractivity contribution in [1.29, 1.82) is 0 Å². The lowest BCUT2D eigenvalue weighted by Gasteiger charge is -2.37. The molecule has 8 rings (SSSR count). The molecule has 1 aliphatic heterocycles. The van der Waals surface area contributed by atoms with Gasteiger partial charge in [0.05, 0.1) is 18.1 Å². The molecule has 0 spiro atoms. The molecule has 2 saturated carbocycles. The minimum Gasteiger partial charge on any atom is -0.342 e. The highest BCUT2D eigenvalue weighted by atomic mass is 16.2. The number of amides is 2. The summed E-state index contributed by atoms with van der Waals surface area (Å²) in [6, 6.07) is 16.6. The second-order valence-electron chi connectivity index (χ2n) is 10.0. The van der Waals surface area contributed by atoms with Gasteiger partial charge >= 0.3 is 0 Å². The molecule has 0 radical (unpaired) electrons. The van der Waals surface area contributed by atoms with Crippen LogP contribution < -0.4 is 0 Å². The summed E-state index contributed by atoms with van der Waals surface area (Å²) in [5, 5.41) is 6.70. The molecule has 1 saturated heterocycles. The summed E-state index contributed by atoms with van der Waals surface area (Å²) >= 11 is 0. The SMILES string of the molecule is Cc1ccccc1Cn1cc(/C=N\N2C(=O)[C@@H]3[C@H]4C=C[C@@H]([C@@H]5C[C@H]45)[C@@H]3C2=O)c2ccccc21. The average molecular weight is 436 g/mol. The quantitative estimate of drug-likeness (QED) is 0.347. The summed E-state index contributed by atoms with van der Waals surface area (Å²) in [6.07, 6.45) is 9.31. The van der Waals surface area contributed by atoms with Gasteiger partial charge in [-0.15, -0.1) is 0 Å². The molecule has 5 nitrogen and oxygen atoms in total. The van der Waals surface area contributed by atoms with E-state index in [1.54, 1.807) is 6.21 Å². The van der Waals surface area contributed by atoms with Crippen molar-refractivity contribution in [3.05, 3.63) is 83.6 Å². The molecule has 33 heavy (non-hydrogen) atoms. The summed E-state index contributed by atoms with van der Waals surface area (Å²) in [5.74, 6) is 0.980. The molecule has 0 N–H and O–H groups in total. The monoisotopic (exact) mass is 435 g/mol. The molecular weight excluding hydrogens is 410 g/mol. The molecule has 2 bridgehead atoms. The van der Waals surface area contributed by atoms with Gasteiger partial charge in [0.25, 0.3) is 11.8 Å². The largest absolute Gasteiger partial charge is 0.342 e. The predicted molar refractivity (Wildman–Crippen MR) is 126 cm³/mol. The number of aryl methyl sites for hydroxylation is 1.